The van der Waals surface area contributed by atoms with Gasteiger partial charge in [0.15, 0.2) is 0 Å². The van der Waals surface area contributed by atoms with Crippen LogP contribution in [0.1, 0.15) is 17.8 Å². The van der Waals surface area contributed by atoms with Crippen molar-refractivity contribution in [3.8, 4) is 10.6 Å². The third-order valence-corrected chi connectivity index (χ3v) is 6.17. The second kappa shape index (κ2) is 7.81. The number of urea groups is 1. The number of anilines is 1. The highest BCUT2D eigenvalue weighted by molar-refractivity contribution is 7.14. The number of pyridine rings is 1. The van der Waals surface area contributed by atoms with Gasteiger partial charge in [-0.2, -0.15) is 0 Å². The Bertz CT molecular complexity index is 995. The number of benzene rings is 1. The number of carbonyl (C=O) groups is 1. The molecule has 0 unspecified atom stereocenters. The van der Waals surface area contributed by atoms with Gasteiger partial charge in [0.1, 0.15) is 15.8 Å². The Morgan fingerprint density at radius 3 is 2.71 bits per heavy atom. The summed E-state index contributed by atoms with van der Waals surface area (Å²) in [5, 5.41) is 15.1. The topological polar surface area (TPSA) is 74.2 Å². The molecule has 1 aromatic carbocycles. The van der Waals surface area contributed by atoms with Gasteiger partial charge in [0.05, 0.1) is 0 Å². The molecule has 0 atom stereocenters. The number of hydrogen-bond acceptors (Lipinski definition) is 6. The second-order valence-corrected chi connectivity index (χ2v) is 8.51. The highest BCUT2D eigenvalue weighted by Gasteiger charge is 2.24. The van der Waals surface area contributed by atoms with E-state index in [0.29, 0.717) is 5.82 Å². The van der Waals surface area contributed by atoms with Gasteiger partial charge >= 0.3 is 6.03 Å². The lowest BCUT2D eigenvalue weighted by atomic mass is 10.0. The molecule has 3 aromatic rings. The molecule has 0 radical (unpaired) electrons. The summed E-state index contributed by atoms with van der Waals surface area (Å²) < 4.78 is 0. The standard InChI is InChI=1S/C20H24N6OS/c1-13-23-24-19(28-13)14-4-5-15-12-21-18(11-16(15)10-14)22-20(27)26(3)17-6-8-25(2)9-7-17/h4-5,10-12,17H,6-9H2,1-3H3,(H,21,22,27). The molecule has 0 spiro atoms. The van der Waals surface area contributed by atoms with E-state index < -0.39 is 0 Å². The largest absolute Gasteiger partial charge is 0.324 e. The molecule has 28 heavy (non-hydrogen) atoms. The van der Waals surface area contributed by atoms with Crippen LogP contribution in [0.4, 0.5) is 10.6 Å². The smallest absolute Gasteiger partial charge is 0.323 e. The average molecular weight is 397 g/mol. The van der Waals surface area contributed by atoms with E-state index in [4.69, 9.17) is 0 Å². The second-order valence-electron chi connectivity index (χ2n) is 7.33. The van der Waals surface area contributed by atoms with E-state index in [-0.39, 0.29) is 12.1 Å². The Kier molecular flexibility index (Phi) is 5.23. The van der Waals surface area contributed by atoms with Gasteiger partial charge in [-0.15, -0.1) is 10.2 Å². The predicted molar refractivity (Wildman–Crippen MR) is 113 cm³/mol. The molecule has 1 aliphatic heterocycles. The number of fused-ring (bicyclic) bond motifs is 1. The number of nitrogens with one attached hydrogen (secondary N) is 1. The Morgan fingerprint density at radius 2 is 2.00 bits per heavy atom. The molecule has 146 valence electrons. The Labute approximate surface area is 168 Å². The molecule has 3 heterocycles. The van der Waals surface area contributed by atoms with Crippen molar-refractivity contribution in [2.45, 2.75) is 25.8 Å². The number of amides is 2. The third kappa shape index (κ3) is 3.98. The van der Waals surface area contributed by atoms with Crippen molar-refractivity contribution in [2.75, 3.05) is 32.5 Å². The number of likely N-dealkylation sites (tertiary alicyclic amines) is 1. The fraction of sp³-hybridized carbons (Fsp3) is 0.400. The zero-order chi connectivity index (χ0) is 19.7. The number of nitrogens with zero attached hydrogens (tertiary/aromatic N) is 5. The molecule has 0 saturated carbocycles. The highest BCUT2D eigenvalue weighted by atomic mass is 32.1. The van der Waals surface area contributed by atoms with Crippen LogP contribution >= 0.6 is 11.3 Å². The van der Waals surface area contributed by atoms with Crippen LogP contribution < -0.4 is 5.32 Å². The first kappa shape index (κ1) is 18.8. The van der Waals surface area contributed by atoms with Gasteiger partial charge in [-0.1, -0.05) is 23.5 Å². The fourth-order valence-electron chi connectivity index (χ4n) is 3.50. The van der Waals surface area contributed by atoms with Gasteiger partial charge in [-0.05, 0) is 57.4 Å². The zero-order valence-electron chi connectivity index (χ0n) is 16.3. The number of rotatable bonds is 3. The summed E-state index contributed by atoms with van der Waals surface area (Å²) in [4.78, 5) is 21.2. The number of aromatic nitrogens is 3. The van der Waals surface area contributed by atoms with E-state index in [1.807, 2.05) is 32.2 Å². The summed E-state index contributed by atoms with van der Waals surface area (Å²) in [5.74, 6) is 0.558. The predicted octanol–water partition coefficient (Wildman–Crippen LogP) is 3.62. The summed E-state index contributed by atoms with van der Waals surface area (Å²) in [7, 11) is 3.98. The first-order valence-corrected chi connectivity index (χ1v) is 10.2. The molecule has 0 aliphatic carbocycles. The van der Waals surface area contributed by atoms with Crippen molar-refractivity contribution < 1.29 is 4.79 Å². The molecule has 4 rings (SSSR count). The van der Waals surface area contributed by atoms with E-state index in [0.717, 1.165) is 52.3 Å². The lowest BCUT2D eigenvalue weighted by Crippen LogP contribution is -2.46. The van der Waals surface area contributed by atoms with Crippen LogP contribution in [0.25, 0.3) is 21.3 Å². The summed E-state index contributed by atoms with van der Waals surface area (Å²) in [6.45, 7) is 3.98. The number of aryl methyl sites for hydroxylation is 1. The lowest BCUT2D eigenvalue weighted by molar-refractivity contribution is 0.156. The number of hydrogen-bond donors (Lipinski definition) is 1. The van der Waals surface area contributed by atoms with E-state index in [9.17, 15) is 4.79 Å². The maximum atomic E-state index is 12.7. The monoisotopic (exact) mass is 396 g/mol. The van der Waals surface area contributed by atoms with Crippen LogP contribution in [-0.4, -0.2) is 64.2 Å². The minimum Gasteiger partial charge on any atom is -0.324 e. The van der Waals surface area contributed by atoms with Crippen molar-refractivity contribution in [1.82, 2.24) is 25.0 Å². The Morgan fingerprint density at radius 1 is 1.21 bits per heavy atom. The van der Waals surface area contributed by atoms with E-state index >= 15 is 0 Å². The Hall–Kier alpha value is -2.58. The van der Waals surface area contributed by atoms with Crippen LogP contribution in [0.3, 0.4) is 0 Å². The van der Waals surface area contributed by atoms with Gasteiger partial charge in [0.2, 0.25) is 0 Å². The quantitative estimate of drug-likeness (QED) is 0.732. The van der Waals surface area contributed by atoms with Gasteiger partial charge in [-0.3, -0.25) is 5.32 Å². The summed E-state index contributed by atoms with van der Waals surface area (Å²) in [6.07, 6.45) is 3.78. The maximum absolute atomic E-state index is 12.7. The summed E-state index contributed by atoms with van der Waals surface area (Å²) in [6, 6.07) is 8.17. The summed E-state index contributed by atoms with van der Waals surface area (Å²) in [5.41, 5.74) is 1.02. The molecule has 2 amide bonds. The van der Waals surface area contributed by atoms with Gasteiger partial charge in [0.25, 0.3) is 0 Å². The minimum absolute atomic E-state index is 0.114. The van der Waals surface area contributed by atoms with Crippen molar-refractivity contribution in [1.29, 1.82) is 0 Å². The van der Waals surface area contributed by atoms with E-state index in [1.54, 1.807) is 22.4 Å². The number of piperidine rings is 1. The molecular formula is C20H24N6OS. The van der Waals surface area contributed by atoms with Crippen LogP contribution in [0.15, 0.2) is 30.5 Å². The summed E-state index contributed by atoms with van der Waals surface area (Å²) >= 11 is 1.57. The molecule has 8 heteroatoms. The molecule has 1 aliphatic rings. The molecular weight excluding hydrogens is 372 g/mol. The van der Waals surface area contributed by atoms with Gasteiger partial charge in [0, 0.05) is 30.2 Å². The van der Waals surface area contributed by atoms with Crippen LogP contribution in [0.5, 0.6) is 0 Å². The Balaban J connectivity index is 1.51. The van der Waals surface area contributed by atoms with Crippen molar-refractivity contribution >= 4 is 34.0 Å². The van der Waals surface area contributed by atoms with Gasteiger partial charge < -0.3 is 9.80 Å². The highest BCUT2D eigenvalue weighted by Crippen LogP contribution is 2.27. The SMILES string of the molecule is Cc1nnc(-c2ccc3cnc(NC(=O)N(C)C4CCN(C)CC4)cc3c2)s1. The minimum atomic E-state index is -0.114. The number of carbonyl (C=O) groups excluding carboxylic acids is 1. The molecule has 7 nitrogen and oxygen atoms in total. The normalized spacial score (nSPS) is 15.7. The molecule has 1 saturated heterocycles. The molecule has 0 bridgehead atoms. The maximum Gasteiger partial charge on any atom is 0.323 e. The van der Waals surface area contributed by atoms with Crippen molar-refractivity contribution in [3.63, 3.8) is 0 Å². The van der Waals surface area contributed by atoms with Crippen molar-refractivity contribution in [2.24, 2.45) is 0 Å². The van der Waals surface area contributed by atoms with Crippen LogP contribution in [0, 0.1) is 6.92 Å². The zero-order valence-corrected chi connectivity index (χ0v) is 17.2. The van der Waals surface area contributed by atoms with Gasteiger partial charge in [-0.25, -0.2) is 9.78 Å². The van der Waals surface area contributed by atoms with Crippen LogP contribution in [0.2, 0.25) is 0 Å². The lowest BCUT2D eigenvalue weighted by Gasteiger charge is -2.34. The molecule has 1 fully saturated rings. The fourth-order valence-corrected chi connectivity index (χ4v) is 4.19. The molecule has 1 N–H and O–H groups in total. The average Bonchev–Trinajstić information content (AvgIpc) is 3.14. The first-order chi connectivity index (χ1) is 13.5. The van der Waals surface area contributed by atoms with Crippen LogP contribution in [-0.2, 0) is 0 Å². The van der Waals surface area contributed by atoms with E-state index in [1.165, 1.54) is 0 Å². The van der Waals surface area contributed by atoms with E-state index in [2.05, 4.69) is 38.5 Å². The first-order valence-electron chi connectivity index (χ1n) is 9.42. The van der Waals surface area contributed by atoms with Crippen molar-refractivity contribution in [3.05, 3.63) is 35.5 Å². The molecule has 2 aromatic heterocycles. The third-order valence-electron chi connectivity index (χ3n) is 5.29.